The van der Waals surface area contributed by atoms with Crippen LogP contribution in [0.1, 0.15) is 6.42 Å². The summed E-state index contributed by atoms with van der Waals surface area (Å²) in [6, 6.07) is -2.25. The van der Waals surface area contributed by atoms with Gasteiger partial charge >= 0.3 is 5.97 Å². The van der Waals surface area contributed by atoms with Crippen LogP contribution in [0.15, 0.2) is 0 Å². The number of hydrogen-bond acceptors (Lipinski definition) is 7. The van der Waals surface area contributed by atoms with Crippen LogP contribution in [0, 0.1) is 0 Å². The normalized spacial score (nSPS) is 12.6. The van der Waals surface area contributed by atoms with Gasteiger partial charge in [-0.05, 0) is 0 Å². The molecule has 0 saturated heterocycles. The third-order valence-corrected chi connectivity index (χ3v) is 2.82. The van der Waals surface area contributed by atoms with Gasteiger partial charge in [-0.1, -0.05) is 0 Å². The molecule has 2 unspecified atom stereocenters. The first-order chi connectivity index (χ1) is 10.7. The number of nitrogens with one attached hydrogen (secondary N) is 3. The van der Waals surface area contributed by atoms with Gasteiger partial charge in [-0.2, -0.15) is 12.6 Å². The quantitative estimate of drug-likeness (QED) is 0.195. The van der Waals surface area contributed by atoms with Gasteiger partial charge < -0.3 is 32.5 Å². The van der Waals surface area contributed by atoms with Crippen molar-refractivity contribution in [2.24, 2.45) is 11.5 Å². The van der Waals surface area contributed by atoms with E-state index in [1.165, 1.54) is 0 Å². The van der Waals surface area contributed by atoms with Crippen molar-refractivity contribution < 1.29 is 29.1 Å². The van der Waals surface area contributed by atoms with Crippen molar-refractivity contribution >= 4 is 42.2 Å². The Labute approximate surface area is 136 Å². The molecular formula is C11H19N5O6S. The summed E-state index contributed by atoms with van der Waals surface area (Å²) in [6.45, 7) is -1.17. The number of aliphatic carboxylic acids is 1. The van der Waals surface area contributed by atoms with Crippen LogP contribution >= 0.6 is 12.6 Å². The SMILES string of the molecule is NC(=O)CC(NC(=O)CNC(=O)C(N)CS)C(=O)NCC(=O)O. The summed E-state index contributed by atoms with van der Waals surface area (Å²) in [5.41, 5.74) is 10.3. The number of rotatable bonds is 10. The lowest BCUT2D eigenvalue weighted by Gasteiger charge is -2.17. The molecule has 0 heterocycles. The molecule has 0 radical (unpaired) electrons. The molecule has 130 valence electrons. The molecule has 0 spiro atoms. The first kappa shape index (κ1) is 20.7. The van der Waals surface area contributed by atoms with E-state index in [1.54, 1.807) is 0 Å². The minimum atomic E-state index is -1.35. The van der Waals surface area contributed by atoms with Crippen molar-refractivity contribution in [3.63, 3.8) is 0 Å². The van der Waals surface area contributed by atoms with Gasteiger partial charge in [0.15, 0.2) is 0 Å². The molecule has 23 heavy (non-hydrogen) atoms. The van der Waals surface area contributed by atoms with Crippen LogP contribution in [0.3, 0.4) is 0 Å². The number of carbonyl (C=O) groups is 5. The van der Waals surface area contributed by atoms with Crippen molar-refractivity contribution in [1.29, 1.82) is 0 Å². The molecule has 0 aromatic carbocycles. The maximum absolute atomic E-state index is 11.7. The van der Waals surface area contributed by atoms with Gasteiger partial charge in [0.25, 0.3) is 0 Å². The zero-order chi connectivity index (χ0) is 18.0. The summed E-state index contributed by atoms with van der Waals surface area (Å²) < 4.78 is 0. The van der Waals surface area contributed by atoms with E-state index in [4.69, 9.17) is 16.6 Å². The molecule has 0 aliphatic carbocycles. The van der Waals surface area contributed by atoms with Crippen molar-refractivity contribution in [2.75, 3.05) is 18.8 Å². The Balaban J connectivity index is 4.54. The molecule has 0 aromatic rings. The number of primary amides is 1. The molecule has 2 atom stereocenters. The maximum atomic E-state index is 11.7. The van der Waals surface area contributed by atoms with E-state index in [1.807, 2.05) is 5.32 Å². The van der Waals surface area contributed by atoms with Crippen molar-refractivity contribution in [2.45, 2.75) is 18.5 Å². The van der Waals surface area contributed by atoms with Gasteiger partial charge in [-0.3, -0.25) is 24.0 Å². The number of nitrogens with two attached hydrogens (primary N) is 2. The Morgan fingerprint density at radius 2 is 1.61 bits per heavy atom. The first-order valence-electron chi connectivity index (χ1n) is 6.38. The lowest BCUT2D eigenvalue weighted by Crippen LogP contribution is -2.52. The van der Waals surface area contributed by atoms with E-state index in [9.17, 15) is 24.0 Å². The molecule has 0 aliphatic rings. The zero-order valence-corrected chi connectivity index (χ0v) is 13.0. The van der Waals surface area contributed by atoms with Crippen molar-refractivity contribution in [3.8, 4) is 0 Å². The molecule has 12 heteroatoms. The molecule has 0 saturated carbocycles. The highest BCUT2D eigenvalue weighted by Gasteiger charge is 2.23. The molecule has 0 rings (SSSR count). The summed E-state index contributed by atoms with van der Waals surface area (Å²) in [6.07, 6.45) is -0.526. The molecule has 4 amide bonds. The highest BCUT2D eigenvalue weighted by molar-refractivity contribution is 7.80. The average molecular weight is 349 g/mol. The Kier molecular flexibility index (Phi) is 9.34. The fourth-order valence-electron chi connectivity index (χ4n) is 1.32. The number of amides is 4. The highest BCUT2D eigenvalue weighted by Crippen LogP contribution is 1.92. The molecule has 0 aliphatic heterocycles. The van der Waals surface area contributed by atoms with Gasteiger partial charge in [0.2, 0.25) is 23.6 Å². The fourth-order valence-corrected chi connectivity index (χ4v) is 1.49. The van der Waals surface area contributed by atoms with Crippen LogP contribution in [0.2, 0.25) is 0 Å². The lowest BCUT2D eigenvalue weighted by molar-refractivity contribution is -0.138. The monoisotopic (exact) mass is 349 g/mol. The van der Waals surface area contributed by atoms with Crippen LogP contribution < -0.4 is 27.4 Å². The third-order valence-electron chi connectivity index (χ3n) is 2.43. The van der Waals surface area contributed by atoms with Gasteiger partial charge in [-0.15, -0.1) is 0 Å². The van der Waals surface area contributed by atoms with Gasteiger partial charge in [-0.25, -0.2) is 0 Å². The minimum Gasteiger partial charge on any atom is -0.480 e. The van der Waals surface area contributed by atoms with Gasteiger partial charge in [0.1, 0.15) is 12.6 Å². The Hall–Kier alpha value is -2.34. The predicted molar refractivity (Wildman–Crippen MR) is 81.2 cm³/mol. The molecular weight excluding hydrogens is 330 g/mol. The number of carboxylic acid groups (broad SMARTS) is 1. The Morgan fingerprint density at radius 3 is 2.09 bits per heavy atom. The number of carboxylic acids is 1. The molecule has 11 nitrogen and oxygen atoms in total. The second-order valence-corrected chi connectivity index (χ2v) is 4.77. The summed E-state index contributed by atoms with van der Waals surface area (Å²) >= 11 is 3.82. The first-order valence-corrected chi connectivity index (χ1v) is 7.02. The maximum Gasteiger partial charge on any atom is 0.322 e. The van der Waals surface area contributed by atoms with Crippen LogP contribution in [0.5, 0.6) is 0 Å². The van der Waals surface area contributed by atoms with E-state index < -0.39 is 61.2 Å². The second kappa shape index (κ2) is 10.4. The van der Waals surface area contributed by atoms with Crippen molar-refractivity contribution in [3.05, 3.63) is 0 Å². The largest absolute Gasteiger partial charge is 0.480 e. The van der Waals surface area contributed by atoms with E-state index in [0.717, 1.165) is 0 Å². The lowest BCUT2D eigenvalue weighted by atomic mass is 10.2. The summed E-state index contributed by atoms with van der Waals surface area (Å²) in [4.78, 5) is 56.0. The van der Waals surface area contributed by atoms with Gasteiger partial charge in [0.05, 0.1) is 19.0 Å². The molecule has 0 fully saturated rings. The second-order valence-electron chi connectivity index (χ2n) is 4.41. The molecule has 8 N–H and O–H groups in total. The van der Waals surface area contributed by atoms with E-state index in [0.29, 0.717) is 0 Å². The van der Waals surface area contributed by atoms with E-state index in [2.05, 4.69) is 23.3 Å². The Morgan fingerprint density at radius 1 is 1.04 bits per heavy atom. The van der Waals surface area contributed by atoms with E-state index in [-0.39, 0.29) is 5.75 Å². The Bertz CT molecular complexity index is 486. The molecule has 0 aromatic heterocycles. The predicted octanol–water partition coefficient (Wildman–Crippen LogP) is -4.08. The zero-order valence-electron chi connectivity index (χ0n) is 12.1. The number of thiol groups is 1. The molecule has 0 bridgehead atoms. The summed E-state index contributed by atoms with van der Waals surface area (Å²) in [5.74, 6) is -4.37. The van der Waals surface area contributed by atoms with Crippen LogP contribution in [-0.4, -0.2) is 65.6 Å². The number of hydrogen-bond donors (Lipinski definition) is 7. The number of carbonyl (C=O) groups excluding carboxylic acids is 4. The average Bonchev–Trinajstić information content (AvgIpc) is 2.48. The van der Waals surface area contributed by atoms with Crippen molar-refractivity contribution in [1.82, 2.24) is 16.0 Å². The van der Waals surface area contributed by atoms with Gasteiger partial charge in [0, 0.05) is 5.75 Å². The van der Waals surface area contributed by atoms with Crippen LogP contribution in [0.4, 0.5) is 0 Å². The topological polar surface area (TPSA) is 194 Å². The standard InChI is InChI=1S/C11H19N5O6S/c12-5(4-23)10(21)14-2-8(18)16-6(1-7(13)17)11(22)15-3-9(19)20/h5-6,23H,1-4,12H2,(H2,13,17)(H,14,21)(H,15,22)(H,16,18)(H,19,20). The highest BCUT2D eigenvalue weighted by atomic mass is 32.1. The fraction of sp³-hybridized carbons (Fsp3) is 0.545. The van der Waals surface area contributed by atoms with Crippen LogP contribution in [0.25, 0.3) is 0 Å². The van der Waals surface area contributed by atoms with E-state index >= 15 is 0 Å². The minimum absolute atomic E-state index is 0.0787. The third kappa shape index (κ3) is 9.31. The van der Waals surface area contributed by atoms with Crippen LogP contribution in [-0.2, 0) is 24.0 Å². The summed E-state index contributed by atoms with van der Waals surface area (Å²) in [7, 11) is 0. The summed E-state index contributed by atoms with van der Waals surface area (Å²) in [5, 5.41) is 14.9. The smallest absolute Gasteiger partial charge is 0.322 e.